The van der Waals surface area contributed by atoms with Gasteiger partial charge in [-0.25, -0.2) is 0 Å². The minimum Gasteiger partial charge on any atom is -0.315 e. The minimum absolute atomic E-state index is 0.407. The van der Waals surface area contributed by atoms with Crippen LogP contribution in [0.1, 0.15) is 32.1 Å². The van der Waals surface area contributed by atoms with E-state index in [0.29, 0.717) is 5.38 Å². The van der Waals surface area contributed by atoms with Gasteiger partial charge in [0, 0.05) is 11.9 Å². The lowest BCUT2D eigenvalue weighted by molar-refractivity contribution is 0.301. The van der Waals surface area contributed by atoms with Gasteiger partial charge in [0.2, 0.25) is 0 Å². The molecule has 2 fully saturated rings. The summed E-state index contributed by atoms with van der Waals surface area (Å²) in [5.41, 5.74) is 0. The molecule has 0 bridgehead atoms. The highest BCUT2D eigenvalue weighted by Gasteiger charge is 2.29. The standard InChI is InChI=1S/C10H18ClN/c11-10(9-4-5-9)7-12-6-8-2-1-3-8/h8-10,12H,1-7H2. The molecule has 1 nitrogen and oxygen atoms in total. The first kappa shape index (κ1) is 8.83. The molecule has 0 aliphatic heterocycles. The van der Waals surface area contributed by atoms with Crippen LogP contribution in [0.5, 0.6) is 0 Å². The van der Waals surface area contributed by atoms with Crippen molar-refractivity contribution in [1.82, 2.24) is 5.32 Å². The Kier molecular flexibility index (Phi) is 2.92. The highest BCUT2D eigenvalue weighted by Crippen LogP contribution is 2.35. The third kappa shape index (κ3) is 2.37. The zero-order valence-corrected chi connectivity index (χ0v) is 8.32. The molecule has 12 heavy (non-hydrogen) atoms. The molecule has 2 aliphatic carbocycles. The molecule has 0 heterocycles. The second kappa shape index (κ2) is 3.97. The lowest BCUT2D eigenvalue weighted by Crippen LogP contribution is -2.32. The molecule has 1 unspecified atom stereocenters. The lowest BCUT2D eigenvalue weighted by atomic mass is 9.85. The largest absolute Gasteiger partial charge is 0.315 e. The molecule has 2 heteroatoms. The van der Waals surface area contributed by atoms with E-state index >= 15 is 0 Å². The molecule has 0 aromatic heterocycles. The van der Waals surface area contributed by atoms with Crippen molar-refractivity contribution in [2.75, 3.05) is 13.1 Å². The summed E-state index contributed by atoms with van der Waals surface area (Å²) >= 11 is 6.16. The van der Waals surface area contributed by atoms with E-state index in [1.807, 2.05) is 0 Å². The van der Waals surface area contributed by atoms with Gasteiger partial charge >= 0.3 is 0 Å². The van der Waals surface area contributed by atoms with Crippen LogP contribution in [0.25, 0.3) is 0 Å². The highest BCUT2D eigenvalue weighted by atomic mass is 35.5. The molecule has 2 aliphatic rings. The van der Waals surface area contributed by atoms with E-state index in [1.54, 1.807) is 0 Å². The first-order valence-corrected chi connectivity index (χ1v) is 5.64. The topological polar surface area (TPSA) is 12.0 Å². The summed E-state index contributed by atoms with van der Waals surface area (Å²) in [6.07, 6.45) is 7.03. The van der Waals surface area contributed by atoms with Gasteiger partial charge in [0.05, 0.1) is 0 Å². The van der Waals surface area contributed by atoms with Gasteiger partial charge in [-0.1, -0.05) is 6.42 Å². The van der Waals surface area contributed by atoms with Gasteiger partial charge < -0.3 is 5.32 Å². The maximum Gasteiger partial charge on any atom is 0.0488 e. The van der Waals surface area contributed by atoms with Crippen LogP contribution >= 0.6 is 11.6 Å². The molecule has 0 amide bonds. The van der Waals surface area contributed by atoms with Crippen LogP contribution in [0.2, 0.25) is 0 Å². The van der Waals surface area contributed by atoms with Crippen LogP contribution in [-0.2, 0) is 0 Å². The highest BCUT2D eigenvalue weighted by molar-refractivity contribution is 6.21. The summed E-state index contributed by atoms with van der Waals surface area (Å²) in [7, 11) is 0. The van der Waals surface area contributed by atoms with Gasteiger partial charge in [0.25, 0.3) is 0 Å². The molecule has 0 aromatic rings. The summed E-state index contributed by atoms with van der Waals surface area (Å²) in [6.45, 7) is 2.23. The first-order valence-electron chi connectivity index (χ1n) is 5.21. The van der Waals surface area contributed by atoms with Crippen LogP contribution in [-0.4, -0.2) is 18.5 Å². The zero-order chi connectivity index (χ0) is 8.39. The quantitative estimate of drug-likeness (QED) is 0.652. The smallest absolute Gasteiger partial charge is 0.0488 e. The normalized spacial score (nSPS) is 26.8. The van der Waals surface area contributed by atoms with E-state index in [1.165, 1.54) is 38.6 Å². The number of halogens is 1. The molecule has 70 valence electrons. The molecular weight excluding hydrogens is 170 g/mol. The molecule has 0 spiro atoms. The summed E-state index contributed by atoms with van der Waals surface area (Å²) in [6, 6.07) is 0. The molecule has 2 saturated carbocycles. The Morgan fingerprint density at radius 1 is 1.25 bits per heavy atom. The number of nitrogens with one attached hydrogen (secondary N) is 1. The molecular formula is C10H18ClN. The molecule has 2 rings (SSSR count). The third-order valence-corrected chi connectivity index (χ3v) is 3.64. The Morgan fingerprint density at radius 3 is 2.50 bits per heavy atom. The van der Waals surface area contributed by atoms with Gasteiger partial charge in [-0.3, -0.25) is 0 Å². The van der Waals surface area contributed by atoms with E-state index < -0.39 is 0 Å². The van der Waals surface area contributed by atoms with Crippen molar-refractivity contribution in [3.8, 4) is 0 Å². The fourth-order valence-corrected chi connectivity index (χ4v) is 2.11. The van der Waals surface area contributed by atoms with Crippen LogP contribution in [0, 0.1) is 11.8 Å². The molecule has 1 atom stereocenters. The van der Waals surface area contributed by atoms with Crippen molar-refractivity contribution in [3.05, 3.63) is 0 Å². The van der Waals surface area contributed by atoms with E-state index in [-0.39, 0.29) is 0 Å². The maximum atomic E-state index is 6.16. The molecule has 0 aromatic carbocycles. The van der Waals surface area contributed by atoms with Crippen molar-refractivity contribution in [2.24, 2.45) is 11.8 Å². The number of hydrogen-bond acceptors (Lipinski definition) is 1. The van der Waals surface area contributed by atoms with Crippen molar-refractivity contribution >= 4 is 11.6 Å². The Morgan fingerprint density at radius 2 is 2.00 bits per heavy atom. The fourth-order valence-electron chi connectivity index (χ4n) is 1.75. The van der Waals surface area contributed by atoms with Gasteiger partial charge in [0.1, 0.15) is 0 Å². The number of hydrogen-bond donors (Lipinski definition) is 1. The minimum atomic E-state index is 0.407. The molecule has 0 radical (unpaired) electrons. The van der Waals surface area contributed by atoms with Crippen LogP contribution in [0.4, 0.5) is 0 Å². The van der Waals surface area contributed by atoms with E-state index in [9.17, 15) is 0 Å². The average Bonchev–Trinajstić information content (AvgIpc) is 2.75. The summed E-state index contributed by atoms with van der Waals surface area (Å²) < 4.78 is 0. The fraction of sp³-hybridized carbons (Fsp3) is 1.00. The van der Waals surface area contributed by atoms with Crippen LogP contribution in [0.15, 0.2) is 0 Å². The van der Waals surface area contributed by atoms with Crippen LogP contribution < -0.4 is 5.32 Å². The van der Waals surface area contributed by atoms with Gasteiger partial charge in [-0.05, 0) is 44.1 Å². The number of alkyl halides is 1. The van der Waals surface area contributed by atoms with E-state index in [4.69, 9.17) is 11.6 Å². The number of rotatable bonds is 5. The monoisotopic (exact) mass is 187 g/mol. The van der Waals surface area contributed by atoms with Crippen molar-refractivity contribution in [3.63, 3.8) is 0 Å². The maximum absolute atomic E-state index is 6.16. The summed E-state index contributed by atoms with van der Waals surface area (Å²) in [4.78, 5) is 0. The summed E-state index contributed by atoms with van der Waals surface area (Å²) in [5.74, 6) is 1.80. The Hall–Kier alpha value is 0.250. The van der Waals surface area contributed by atoms with Gasteiger partial charge in [0.15, 0.2) is 0 Å². The Bertz CT molecular complexity index is 141. The van der Waals surface area contributed by atoms with Crippen molar-refractivity contribution < 1.29 is 0 Å². The molecule has 0 saturated heterocycles. The Labute approximate surface area is 79.9 Å². The first-order chi connectivity index (χ1) is 5.86. The predicted molar refractivity (Wildman–Crippen MR) is 52.6 cm³/mol. The van der Waals surface area contributed by atoms with Crippen molar-refractivity contribution in [2.45, 2.75) is 37.5 Å². The lowest BCUT2D eigenvalue weighted by Gasteiger charge is -2.25. The van der Waals surface area contributed by atoms with Gasteiger partial charge in [-0.2, -0.15) is 0 Å². The second-order valence-corrected chi connectivity index (χ2v) is 4.87. The SMILES string of the molecule is ClC(CNCC1CCC1)C1CC1. The third-order valence-electron chi connectivity index (χ3n) is 3.13. The van der Waals surface area contributed by atoms with Crippen LogP contribution in [0.3, 0.4) is 0 Å². The van der Waals surface area contributed by atoms with E-state index in [2.05, 4.69) is 5.32 Å². The predicted octanol–water partition coefficient (Wildman–Crippen LogP) is 2.39. The van der Waals surface area contributed by atoms with E-state index in [0.717, 1.165) is 18.4 Å². The zero-order valence-electron chi connectivity index (χ0n) is 7.56. The molecule has 1 N–H and O–H groups in total. The Balaban J connectivity index is 1.49. The van der Waals surface area contributed by atoms with Gasteiger partial charge in [-0.15, -0.1) is 11.6 Å². The second-order valence-electron chi connectivity index (χ2n) is 4.31. The average molecular weight is 188 g/mol. The van der Waals surface area contributed by atoms with Crippen molar-refractivity contribution in [1.29, 1.82) is 0 Å². The summed E-state index contributed by atoms with van der Waals surface area (Å²) in [5, 5.41) is 3.88.